The van der Waals surface area contributed by atoms with E-state index < -0.39 is 11.8 Å². The summed E-state index contributed by atoms with van der Waals surface area (Å²) < 4.78 is 9.66. The molecule has 114 valence electrons. The second kappa shape index (κ2) is 11.3. The molecule has 0 heterocycles. The Morgan fingerprint density at radius 3 is 1.50 bits per heavy atom. The Morgan fingerprint density at radius 2 is 1.25 bits per heavy atom. The molecule has 4 heteroatoms. The smallest absolute Gasteiger partial charge is 0.309 e. The molecule has 0 aromatic heterocycles. The number of hydrogen-bond donors (Lipinski definition) is 0. The number of hydrogen-bond acceptors (Lipinski definition) is 4. The first-order valence-electron chi connectivity index (χ1n) is 6.99. The minimum Gasteiger partial charge on any atom is -0.469 e. The van der Waals surface area contributed by atoms with Crippen molar-refractivity contribution in [1.29, 1.82) is 0 Å². The number of carbonyl (C=O) groups excluding carboxylic acids is 2. The monoisotopic (exact) mass is 282 g/mol. The molecule has 2 atom stereocenters. The lowest BCUT2D eigenvalue weighted by atomic mass is 9.84. The maximum Gasteiger partial charge on any atom is 0.309 e. The van der Waals surface area contributed by atoms with Crippen molar-refractivity contribution in [1.82, 2.24) is 0 Å². The van der Waals surface area contributed by atoms with Crippen molar-refractivity contribution < 1.29 is 19.1 Å². The van der Waals surface area contributed by atoms with Crippen LogP contribution in [0.25, 0.3) is 0 Å². The van der Waals surface area contributed by atoms with E-state index >= 15 is 0 Å². The van der Waals surface area contributed by atoms with Gasteiger partial charge in [0.25, 0.3) is 0 Å². The molecule has 0 bridgehead atoms. The maximum atomic E-state index is 11.9. The van der Waals surface area contributed by atoms with Crippen LogP contribution in [0.3, 0.4) is 0 Å². The molecule has 0 amide bonds. The van der Waals surface area contributed by atoms with Gasteiger partial charge in [-0.15, -0.1) is 13.2 Å². The molecule has 0 saturated carbocycles. The number of unbranched alkanes of at least 4 members (excludes halogenated alkanes) is 2. The van der Waals surface area contributed by atoms with Gasteiger partial charge in [0.15, 0.2) is 0 Å². The molecule has 0 saturated heterocycles. The van der Waals surface area contributed by atoms with Crippen molar-refractivity contribution in [3.05, 3.63) is 25.3 Å². The van der Waals surface area contributed by atoms with Gasteiger partial charge in [0.1, 0.15) is 0 Å². The largest absolute Gasteiger partial charge is 0.469 e. The van der Waals surface area contributed by atoms with E-state index in [4.69, 9.17) is 9.47 Å². The molecule has 0 aliphatic rings. The average Bonchev–Trinajstić information content (AvgIpc) is 2.47. The first-order chi connectivity index (χ1) is 9.62. The van der Waals surface area contributed by atoms with Gasteiger partial charge in [0, 0.05) is 0 Å². The van der Waals surface area contributed by atoms with Gasteiger partial charge in [-0.2, -0.15) is 0 Å². The van der Waals surface area contributed by atoms with Crippen LogP contribution in [-0.4, -0.2) is 26.2 Å². The van der Waals surface area contributed by atoms with Crippen LogP contribution in [0.4, 0.5) is 0 Å². The number of ether oxygens (including phenoxy) is 2. The van der Waals surface area contributed by atoms with Gasteiger partial charge in [-0.3, -0.25) is 9.59 Å². The maximum absolute atomic E-state index is 11.9. The minimum atomic E-state index is -0.447. The second-order valence-corrected chi connectivity index (χ2v) is 4.70. The molecule has 0 aromatic carbocycles. The number of rotatable bonds is 11. The number of methoxy groups -OCH3 is 2. The molecule has 0 aliphatic heterocycles. The second-order valence-electron chi connectivity index (χ2n) is 4.70. The molecule has 4 nitrogen and oxygen atoms in total. The van der Waals surface area contributed by atoms with Gasteiger partial charge in [-0.25, -0.2) is 0 Å². The van der Waals surface area contributed by atoms with E-state index in [2.05, 4.69) is 13.2 Å². The van der Waals surface area contributed by atoms with Crippen molar-refractivity contribution in [3.63, 3.8) is 0 Å². The Kier molecular flexibility index (Phi) is 10.4. The van der Waals surface area contributed by atoms with E-state index in [9.17, 15) is 9.59 Å². The van der Waals surface area contributed by atoms with Crippen LogP contribution < -0.4 is 0 Å². The fourth-order valence-electron chi connectivity index (χ4n) is 2.23. The summed E-state index contributed by atoms with van der Waals surface area (Å²) in [4.78, 5) is 23.8. The van der Waals surface area contributed by atoms with Crippen LogP contribution in [0.1, 0.15) is 38.5 Å². The van der Waals surface area contributed by atoms with Crippen LogP contribution >= 0.6 is 0 Å². The summed E-state index contributed by atoms with van der Waals surface area (Å²) in [5.41, 5.74) is 0. The van der Waals surface area contributed by atoms with E-state index in [1.807, 2.05) is 0 Å². The third kappa shape index (κ3) is 6.55. The van der Waals surface area contributed by atoms with Crippen molar-refractivity contribution in [2.45, 2.75) is 38.5 Å². The molecule has 0 aliphatic carbocycles. The summed E-state index contributed by atoms with van der Waals surface area (Å²) in [5.74, 6) is -1.58. The van der Waals surface area contributed by atoms with Crippen LogP contribution in [0, 0.1) is 11.8 Å². The lowest BCUT2D eigenvalue weighted by Crippen LogP contribution is -2.32. The third-order valence-electron chi connectivity index (χ3n) is 3.34. The van der Waals surface area contributed by atoms with Gasteiger partial charge >= 0.3 is 11.9 Å². The van der Waals surface area contributed by atoms with Gasteiger partial charge < -0.3 is 9.47 Å². The molecule has 0 aromatic rings. The predicted octanol–water partition coefficient (Wildman–Crippen LogP) is 3.28. The molecule has 2 unspecified atom stereocenters. The molecule has 20 heavy (non-hydrogen) atoms. The van der Waals surface area contributed by atoms with Crippen molar-refractivity contribution in [2.24, 2.45) is 11.8 Å². The fourth-order valence-corrected chi connectivity index (χ4v) is 2.23. The highest BCUT2D eigenvalue weighted by Gasteiger charge is 2.34. The molecule has 0 fully saturated rings. The lowest BCUT2D eigenvalue weighted by molar-refractivity contribution is -0.158. The highest BCUT2D eigenvalue weighted by molar-refractivity contribution is 5.81. The number of carbonyl (C=O) groups is 2. The molecular weight excluding hydrogens is 256 g/mol. The predicted molar refractivity (Wildman–Crippen MR) is 79.1 cm³/mol. The average molecular weight is 282 g/mol. The van der Waals surface area contributed by atoms with Crippen LogP contribution in [0.15, 0.2) is 25.3 Å². The quantitative estimate of drug-likeness (QED) is 0.331. The first kappa shape index (κ1) is 18.4. The minimum absolute atomic E-state index is 0.344. The summed E-state index contributed by atoms with van der Waals surface area (Å²) >= 11 is 0. The Balaban J connectivity index is 4.85. The molecule has 0 N–H and O–H groups in total. The summed E-state index contributed by atoms with van der Waals surface area (Å²) in [6.07, 6.45) is 8.05. The van der Waals surface area contributed by atoms with E-state index in [0.717, 1.165) is 25.7 Å². The van der Waals surface area contributed by atoms with Gasteiger partial charge in [-0.1, -0.05) is 12.2 Å². The van der Waals surface area contributed by atoms with Crippen molar-refractivity contribution in [3.8, 4) is 0 Å². The van der Waals surface area contributed by atoms with E-state index in [1.54, 1.807) is 12.2 Å². The van der Waals surface area contributed by atoms with Gasteiger partial charge in [-0.05, 0) is 38.5 Å². The van der Waals surface area contributed by atoms with Gasteiger partial charge in [0.2, 0.25) is 0 Å². The van der Waals surface area contributed by atoms with Gasteiger partial charge in [0.05, 0.1) is 26.1 Å². The topological polar surface area (TPSA) is 52.6 Å². The van der Waals surface area contributed by atoms with E-state index in [-0.39, 0.29) is 11.9 Å². The standard InChI is InChI=1S/C16H26O4/c1-5-7-9-11-13(15(17)19-3)14(16(18)20-4)12-10-8-6-2/h5-6,13-14H,1-2,7-12H2,3-4H3. The summed E-state index contributed by atoms with van der Waals surface area (Å²) in [5, 5.41) is 0. The Morgan fingerprint density at radius 1 is 0.900 bits per heavy atom. The molecule has 0 spiro atoms. The Labute approximate surface area is 121 Å². The molecular formula is C16H26O4. The Hall–Kier alpha value is -1.58. The van der Waals surface area contributed by atoms with Crippen LogP contribution in [0.5, 0.6) is 0 Å². The molecule has 0 rings (SSSR count). The zero-order valence-corrected chi connectivity index (χ0v) is 12.6. The van der Waals surface area contributed by atoms with Crippen LogP contribution in [-0.2, 0) is 19.1 Å². The highest BCUT2D eigenvalue weighted by Crippen LogP contribution is 2.26. The zero-order chi connectivity index (χ0) is 15.4. The summed E-state index contributed by atoms with van der Waals surface area (Å²) in [6.45, 7) is 7.32. The van der Waals surface area contributed by atoms with E-state index in [1.165, 1.54) is 14.2 Å². The molecule has 0 radical (unpaired) electrons. The van der Waals surface area contributed by atoms with E-state index in [0.29, 0.717) is 12.8 Å². The third-order valence-corrected chi connectivity index (χ3v) is 3.34. The van der Waals surface area contributed by atoms with Crippen molar-refractivity contribution >= 4 is 11.9 Å². The fraction of sp³-hybridized carbons (Fsp3) is 0.625. The first-order valence-corrected chi connectivity index (χ1v) is 6.99. The normalized spacial score (nSPS) is 13.1. The van der Waals surface area contributed by atoms with Crippen molar-refractivity contribution in [2.75, 3.05) is 14.2 Å². The Bertz CT molecular complexity index is 290. The SMILES string of the molecule is C=CCCCC(C(=O)OC)C(CCCC=C)C(=O)OC. The summed E-state index contributed by atoms with van der Waals surface area (Å²) in [7, 11) is 2.70. The zero-order valence-electron chi connectivity index (χ0n) is 12.6. The lowest BCUT2D eigenvalue weighted by Gasteiger charge is -2.23. The van der Waals surface area contributed by atoms with Crippen LogP contribution in [0.2, 0.25) is 0 Å². The highest BCUT2D eigenvalue weighted by atomic mass is 16.5. The number of esters is 2. The summed E-state index contributed by atoms with van der Waals surface area (Å²) in [6, 6.07) is 0. The number of allylic oxidation sites excluding steroid dienone is 2.